The molecule has 78 valence electrons. The lowest BCUT2D eigenvalue weighted by Crippen LogP contribution is -2.45. The first-order chi connectivity index (χ1) is 6.65. The minimum atomic E-state index is -0.321. The summed E-state index contributed by atoms with van der Waals surface area (Å²) in [7, 11) is 0. The maximum absolute atomic E-state index is 11.4. The van der Waals surface area contributed by atoms with E-state index in [4.69, 9.17) is 5.53 Å². The van der Waals surface area contributed by atoms with Crippen LogP contribution in [-0.4, -0.2) is 41.7 Å². The van der Waals surface area contributed by atoms with Crippen LogP contribution in [0.5, 0.6) is 0 Å². The van der Waals surface area contributed by atoms with Gasteiger partial charge < -0.3 is 10.0 Å². The van der Waals surface area contributed by atoms with Crippen LogP contribution in [0.4, 0.5) is 0 Å². The average Bonchev–Trinajstić information content (AvgIpc) is 2.18. The summed E-state index contributed by atoms with van der Waals surface area (Å²) in [4.78, 5) is 15.6. The highest BCUT2D eigenvalue weighted by molar-refractivity contribution is 5.78. The Bertz CT molecular complexity index is 262. The number of likely N-dealkylation sites (tertiary alicyclic amines) is 1. The number of rotatable bonds is 2. The largest absolute Gasteiger partial charge is 0.393 e. The van der Waals surface area contributed by atoms with E-state index in [1.807, 2.05) is 6.92 Å². The van der Waals surface area contributed by atoms with E-state index in [0.717, 1.165) is 0 Å². The van der Waals surface area contributed by atoms with Gasteiger partial charge in [-0.3, -0.25) is 4.79 Å². The molecule has 0 aromatic rings. The number of hydrogen-bond acceptors (Lipinski definition) is 3. The van der Waals surface area contributed by atoms with Crippen molar-refractivity contribution in [2.24, 2.45) is 11.0 Å². The van der Waals surface area contributed by atoms with Crippen LogP contribution in [0.25, 0.3) is 10.4 Å². The molecule has 0 aliphatic carbocycles. The van der Waals surface area contributed by atoms with E-state index < -0.39 is 0 Å². The van der Waals surface area contributed by atoms with Gasteiger partial charge in [0.05, 0.1) is 6.10 Å². The van der Waals surface area contributed by atoms with E-state index in [-0.39, 0.29) is 24.5 Å². The van der Waals surface area contributed by atoms with E-state index in [9.17, 15) is 9.90 Å². The Morgan fingerprint density at radius 3 is 3.07 bits per heavy atom. The lowest BCUT2D eigenvalue weighted by Gasteiger charge is -2.34. The molecule has 1 heterocycles. The Labute approximate surface area is 82.1 Å². The molecule has 6 heteroatoms. The fourth-order valence-electron chi connectivity index (χ4n) is 1.55. The highest BCUT2D eigenvalue weighted by atomic mass is 16.3. The molecule has 1 aliphatic rings. The molecule has 1 aliphatic heterocycles. The summed E-state index contributed by atoms with van der Waals surface area (Å²) in [5.74, 6) is -0.0692. The van der Waals surface area contributed by atoms with E-state index in [1.54, 1.807) is 4.90 Å². The molecule has 0 bridgehead atoms. The van der Waals surface area contributed by atoms with E-state index >= 15 is 0 Å². The molecule has 14 heavy (non-hydrogen) atoms. The first-order valence-electron chi connectivity index (χ1n) is 4.62. The van der Waals surface area contributed by atoms with Crippen LogP contribution in [-0.2, 0) is 4.79 Å². The van der Waals surface area contributed by atoms with Crippen molar-refractivity contribution in [1.29, 1.82) is 0 Å². The first kappa shape index (κ1) is 10.8. The van der Waals surface area contributed by atoms with Gasteiger partial charge >= 0.3 is 0 Å². The molecule has 1 N–H and O–H groups in total. The minimum absolute atomic E-state index is 0.0961. The van der Waals surface area contributed by atoms with Crippen molar-refractivity contribution < 1.29 is 9.90 Å². The molecule has 2 atom stereocenters. The van der Waals surface area contributed by atoms with Crippen molar-refractivity contribution in [2.45, 2.75) is 19.4 Å². The molecule has 6 nitrogen and oxygen atoms in total. The van der Waals surface area contributed by atoms with Crippen molar-refractivity contribution in [2.75, 3.05) is 19.6 Å². The molecule has 1 amide bonds. The number of carbonyl (C=O) groups is 1. The van der Waals surface area contributed by atoms with Crippen LogP contribution < -0.4 is 0 Å². The number of hydrogen-bond donors (Lipinski definition) is 1. The Hall–Kier alpha value is -1.26. The Kier molecular flexibility index (Phi) is 3.73. The zero-order valence-corrected chi connectivity index (χ0v) is 8.13. The summed E-state index contributed by atoms with van der Waals surface area (Å²) >= 11 is 0. The number of azide groups is 1. The van der Waals surface area contributed by atoms with Gasteiger partial charge in [-0.2, -0.15) is 0 Å². The summed E-state index contributed by atoms with van der Waals surface area (Å²) < 4.78 is 0. The minimum Gasteiger partial charge on any atom is -0.393 e. The maximum atomic E-state index is 11.4. The van der Waals surface area contributed by atoms with E-state index in [2.05, 4.69) is 10.0 Å². The van der Waals surface area contributed by atoms with Crippen molar-refractivity contribution in [3.05, 3.63) is 10.4 Å². The van der Waals surface area contributed by atoms with Crippen LogP contribution in [0.3, 0.4) is 0 Å². The van der Waals surface area contributed by atoms with Crippen LogP contribution in [0, 0.1) is 5.92 Å². The third-order valence-corrected chi connectivity index (χ3v) is 2.48. The highest BCUT2D eigenvalue weighted by Gasteiger charge is 2.26. The number of carbonyl (C=O) groups excluding carboxylic acids is 1. The summed E-state index contributed by atoms with van der Waals surface area (Å²) in [6.45, 7) is 2.86. The van der Waals surface area contributed by atoms with Crippen molar-refractivity contribution in [3.63, 3.8) is 0 Å². The van der Waals surface area contributed by atoms with Gasteiger partial charge in [-0.1, -0.05) is 12.0 Å². The van der Waals surface area contributed by atoms with E-state index in [1.165, 1.54) is 0 Å². The third kappa shape index (κ3) is 2.61. The quantitative estimate of drug-likeness (QED) is 0.398. The maximum Gasteiger partial charge on any atom is 0.228 e. The second kappa shape index (κ2) is 4.83. The number of amides is 1. The zero-order valence-electron chi connectivity index (χ0n) is 8.13. The third-order valence-electron chi connectivity index (χ3n) is 2.48. The molecular formula is C8H14N4O2. The molecule has 0 spiro atoms. The van der Waals surface area contributed by atoms with Gasteiger partial charge in [0.25, 0.3) is 0 Å². The summed E-state index contributed by atoms with van der Waals surface area (Å²) in [6.07, 6.45) is 0.280. The van der Waals surface area contributed by atoms with Crippen molar-refractivity contribution in [1.82, 2.24) is 4.90 Å². The lowest BCUT2D eigenvalue weighted by molar-refractivity contribution is -0.133. The van der Waals surface area contributed by atoms with Crippen molar-refractivity contribution >= 4 is 5.91 Å². The standard InChI is InChI=1S/C8H14N4O2/c1-6-5-12(3-2-7(6)13)8(14)4-10-11-9/h6-7,13H,2-5H2,1H3/t6-,7+/m1/s1. The molecular weight excluding hydrogens is 184 g/mol. The number of nitrogens with zero attached hydrogens (tertiary/aromatic N) is 4. The average molecular weight is 198 g/mol. The second-order valence-electron chi connectivity index (χ2n) is 3.56. The fraction of sp³-hybridized carbons (Fsp3) is 0.875. The van der Waals surface area contributed by atoms with Crippen LogP contribution in [0.2, 0.25) is 0 Å². The normalized spacial score (nSPS) is 26.9. The van der Waals surface area contributed by atoms with Crippen LogP contribution >= 0.6 is 0 Å². The van der Waals surface area contributed by atoms with Crippen molar-refractivity contribution in [3.8, 4) is 0 Å². The van der Waals surface area contributed by atoms with E-state index in [0.29, 0.717) is 19.5 Å². The van der Waals surface area contributed by atoms with Gasteiger partial charge in [-0.25, -0.2) is 0 Å². The molecule has 1 rings (SSSR count). The zero-order chi connectivity index (χ0) is 10.6. The molecule has 0 radical (unpaired) electrons. The number of piperidine rings is 1. The fourth-order valence-corrected chi connectivity index (χ4v) is 1.55. The van der Waals surface area contributed by atoms with Gasteiger partial charge in [0.2, 0.25) is 5.91 Å². The lowest BCUT2D eigenvalue weighted by atomic mass is 9.97. The summed E-state index contributed by atoms with van der Waals surface area (Å²) in [6, 6.07) is 0. The van der Waals surface area contributed by atoms with Gasteiger partial charge in [0, 0.05) is 18.0 Å². The molecule has 0 saturated carbocycles. The number of aliphatic hydroxyl groups is 1. The Morgan fingerprint density at radius 2 is 2.50 bits per heavy atom. The molecule has 0 unspecified atom stereocenters. The highest BCUT2D eigenvalue weighted by Crippen LogP contribution is 2.16. The van der Waals surface area contributed by atoms with Gasteiger partial charge in [0.15, 0.2) is 0 Å². The van der Waals surface area contributed by atoms with Crippen LogP contribution in [0.15, 0.2) is 5.11 Å². The van der Waals surface area contributed by atoms with Gasteiger partial charge in [-0.05, 0) is 17.9 Å². The Morgan fingerprint density at radius 1 is 1.79 bits per heavy atom. The van der Waals surface area contributed by atoms with Crippen LogP contribution in [0.1, 0.15) is 13.3 Å². The predicted octanol–water partition coefficient (Wildman–Crippen LogP) is 0.526. The molecule has 0 aromatic carbocycles. The van der Waals surface area contributed by atoms with Gasteiger partial charge in [-0.15, -0.1) is 0 Å². The molecule has 1 fully saturated rings. The smallest absolute Gasteiger partial charge is 0.228 e. The summed E-state index contributed by atoms with van der Waals surface area (Å²) in [5, 5.41) is 12.7. The topological polar surface area (TPSA) is 89.3 Å². The van der Waals surface area contributed by atoms with Gasteiger partial charge in [0.1, 0.15) is 6.54 Å². The first-order valence-corrected chi connectivity index (χ1v) is 4.62. The monoisotopic (exact) mass is 198 g/mol. The number of aliphatic hydroxyl groups excluding tert-OH is 1. The molecule has 0 aromatic heterocycles. The predicted molar refractivity (Wildman–Crippen MR) is 50.4 cm³/mol. The summed E-state index contributed by atoms with van der Waals surface area (Å²) in [5.41, 5.74) is 8.06. The Balaban J connectivity index is 2.46. The molecule has 1 saturated heterocycles. The second-order valence-corrected chi connectivity index (χ2v) is 3.56. The SMILES string of the molecule is C[C@@H]1CN(C(=O)CN=[N+]=[N-])CC[C@@H]1O.